The minimum absolute atomic E-state index is 0.165. The van der Waals surface area contributed by atoms with Gasteiger partial charge in [-0.1, -0.05) is 19.1 Å². The molecule has 5 nitrogen and oxygen atoms in total. The molecule has 0 aromatic heterocycles. The van der Waals surface area contributed by atoms with E-state index in [4.69, 9.17) is 0 Å². The van der Waals surface area contributed by atoms with Crippen molar-refractivity contribution in [3.63, 3.8) is 0 Å². The molecule has 6 heteroatoms. The summed E-state index contributed by atoms with van der Waals surface area (Å²) in [5, 5.41) is 0. The minimum atomic E-state index is -3.21. The molecule has 1 aliphatic heterocycles. The van der Waals surface area contributed by atoms with E-state index in [2.05, 4.69) is 27.6 Å². The minimum Gasteiger partial charge on any atom is -0.304 e. The molecular formula is C16H27N3O2S. The van der Waals surface area contributed by atoms with Gasteiger partial charge >= 0.3 is 0 Å². The van der Waals surface area contributed by atoms with Gasteiger partial charge < -0.3 is 9.80 Å². The topological polar surface area (TPSA) is 52.7 Å². The molecule has 1 aliphatic rings. The van der Waals surface area contributed by atoms with Gasteiger partial charge in [0, 0.05) is 38.4 Å². The Morgan fingerprint density at radius 1 is 1.18 bits per heavy atom. The lowest BCUT2D eigenvalue weighted by Gasteiger charge is -2.32. The fourth-order valence-electron chi connectivity index (χ4n) is 2.65. The van der Waals surface area contributed by atoms with E-state index >= 15 is 0 Å². The Bertz CT molecular complexity index is 567. The quantitative estimate of drug-likeness (QED) is 0.828. The lowest BCUT2D eigenvalue weighted by atomic mass is 10.1. The second-order valence-electron chi connectivity index (χ2n) is 6.02. The number of hydrogen-bond acceptors (Lipinski definition) is 4. The van der Waals surface area contributed by atoms with Crippen molar-refractivity contribution in [1.82, 2.24) is 9.80 Å². The van der Waals surface area contributed by atoms with Crippen LogP contribution in [0, 0.1) is 0 Å². The molecule has 0 saturated carbocycles. The first-order valence-corrected chi connectivity index (χ1v) is 9.64. The summed E-state index contributed by atoms with van der Waals surface area (Å²) in [6, 6.07) is 7.74. The van der Waals surface area contributed by atoms with Crippen LogP contribution in [-0.4, -0.2) is 63.7 Å². The third-order valence-electron chi connectivity index (χ3n) is 3.99. The van der Waals surface area contributed by atoms with Crippen LogP contribution in [0.25, 0.3) is 0 Å². The first kappa shape index (κ1) is 17.2. The predicted octanol–water partition coefficient (Wildman–Crippen LogP) is 1.63. The second-order valence-corrected chi connectivity index (χ2v) is 7.86. The number of sulfonamides is 1. The largest absolute Gasteiger partial charge is 0.304 e. The van der Waals surface area contributed by atoms with Gasteiger partial charge in [0.25, 0.3) is 0 Å². The molecule has 1 aromatic carbocycles. The summed E-state index contributed by atoms with van der Waals surface area (Å²) in [6.45, 7) is 7.36. The third kappa shape index (κ3) is 5.59. The Kier molecular flexibility index (Phi) is 6.23. The first-order valence-electron chi connectivity index (χ1n) is 7.99. The molecule has 0 atom stereocenters. The molecule has 2 rings (SSSR count). The Balaban J connectivity index is 1.88. The van der Waals surface area contributed by atoms with Crippen LogP contribution in [0.15, 0.2) is 24.3 Å². The fraction of sp³-hybridized carbons (Fsp3) is 0.625. The zero-order chi connectivity index (χ0) is 16.0. The van der Waals surface area contributed by atoms with Crippen molar-refractivity contribution < 1.29 is 8.42 Å². The van der Waals surface area contributed by atoms with E-state index in [0.717, 1.165) is 39.1 Å². The molecule has 1 fully saturated rings. The number of likely N-dealkylation sites (N-methyl/N-ethyl adjacent to an activating group) is 1. The molecule has 0 radical (unpaired) electrons. The van der Waals surface area contributed by atoms with E-state index in [9.17, 15) is 8.42 Å². The van der Waals surface area contributed by atoms with Crippen molar-refractivity contribution in [1.29, 1.82) is 0 Å². The summed E-state index contributed by atoms with van der Waals surface area (Å²) in [5.41, 5.74) is 1.85. The number of rotatable bonds is 7. The van der Waals surface area contributed by atoms with Crippen LogP contribution in [0.2, 0.25) is 0 Å². The van der Waals surface area contributed by atoms with Crippen molar-refractivity contribution in [2.24, 2.45) is 0 Å². The van der Waals surface area contributed by atoms with E-state index in [1.807, 2.05) is 25.1 Å². The van der Waals surface area contributed by atoms with Crippen LogP contribution >= 0.6 is 0 Å². The summed E-state index contributed by atoms with van der Waals surface area (Å²) in [4.78, 5) is 4.81. The molecule has 0 bridgehead atoms. The van der Waals surface area contributed by atoms with E-state index in [1.54, 1.807) is 0 Å². The normalized spacial score (nSPS) is 17.5. The third-order valence-corrected chi connectivity index (χ3v) is 5.48. The zero-order valence-electron chi connectivity index (χ0n) is 13.6. The highest BCUT2D eigenvalue weighted by atomic mass is 32.2. The van der Waals surface area contributed by atoms with Crippen molar-refractivity contribution in [3.8, 4) is 0 Å². The molecule has 0 spiro atoms. The van der Waals surface area contributed by atoms with Crippen molar-refractivity contribution in [2.75, 3.05) is 50.2 Å². The molecule has 0 unspecified atom stereocenters. The number of nitrogens with zero attached hydrogens (tertiary/aromatic N) is 2. The van der Waals surface area contributed by atoms with Crippen LogP contribution in [-0.2, 0) is 16.4 Å². The summed E-state index contributed by atoms with van der Waals surface area (Å²) >= 11 is 0. The molecule has 1 heterocycles. The Morgan fingerprint density at radius 3 is 2.59 bits per heavy atom. The molecule has 1 aromatic rings. The SMILES string of the molecule is CCCS(=O)(=O)Nc1cccc(CCN2CCN(C)CC2)c1. The highest BCUT2D eigenvalue weighted by Crippen LogP contribution is 2.14. The van der Waals surface area contributed by atoms with Gasteiger partial charge in [-0.15, -0.1) is 0 Å². The number of anilines is 1. The Hall–Kier alpha value is -1.11. The highest BCUT2D eigenvalue weighted by Gasteiger charge is 2.13. The number of hydrogen-bond donors (Lipinski definition) is 1. The van der Waals surface area contributed by atoms with Crippen molar-refractivity contribution >= 4 is 15.7 Å². The van der Waals surface area contributed by atoms with Crippen LogP contribution < -0.4 is 4.72 Å². The van der Waals surface area contributed by atoms with Crippen LogP contribution in [0.1, 0.15) is 18.9 Å². The molecule has 1 saturated heterocycles. The summed E-state index contributed by atoms with van der Waals surface area (Å²) in [6.07, 6.45) is 1.57. The van der Waals surface area contributed by atoms with Crippen LogP contribution in [0.3, 0.4) is 0 Å². The first-order chi connectivity index (χ1) is 10.5. The highest BCUT2D eigenvalue weighted by molar-refractivity contribution is 7.92. The zero-order valence-corrected chi connectivity index (χ0v) is 14.4. The van der Waals surface area contributed by atoms with Crippen LogP contribution in [0.4, 0.5) is 5.69 Å². The van der Waals surface area contributed by atoms with Gasteiger partial charge in [-0.05, 0) is 37.6 Å². The number of piperazine rings is 1. The van der Waals surface area contributed by atoms with Crippen LogP contribution in [0.5, 0.6) is 0 Å². The Labute approximate surface area is 134 Å². The molecule has 1 N–H and O–H groups in total. The maximum absolute atomic E-state index is 11.8. The molecule has 124 valence electrons. The van der Waals surface area contributed by atoms with Gasteiger partial charge in [0.2, 0.25) is 10.0 Å². The monoisotopic (exact) mass is 325 g/mol. The lowest BCUT2D eigenvalue weighted by molar-refractivity contribution is 0.155. The lowest BCUT2D eigenvalue weighted by Crippen LogP contribution is -2.45. The van der Waals surface area contributed by atoms with E-state index in [-0.39, 0.29) is 5.75 Å². The molecular weight excluding hydrogens is 298 g/mol. The van der Waals surface area contributed by atoms with E-state index < -0.39 is 10.0 Å². The Morgan fingerprint density at radius 2 is 1.91 bits per heavy atom. The number of nitrogens with one attached hydrogen (secondary N) is 1. The van der Waals surface area contributed by atoms with Gasteiger partial charge in [0.15, 0.2) is 0 Å². The van der Waals surface area contributed by atoms with Gasteiger partial charge in [-0.25, -0.2) is 8.42 Å². The summed E-state index contributed by atoms with van der Waals surface area (Å²) < 4.78 is 26.3. The molecule has 22 heavy (non-hydrogen) atoms. The average molecular weight is 325 g/mol. The molecule has 0 aliphatic carbocycles. The van der Waals surface area contributed by atoms with E-state index in [0.29, 0.717) is 12.1 Å². The smallest absolute Gasteiger partial charge is 0.232 e. The predicted molar refractivity (Wildman–Crippen MR) is 91.8 cm³/mol. The molecule has 0 amide bonds. The van der Waals surface area contributed by atoms with Gasteiger partial charge in [0.05, 0.1) is 5.75 Å². The van der Waals surface area contributed by atoms with Gasteiger partial charge in [-0.2, -0.15) is 0 Å². The van der Waals surface area contributed by atoms with Crippen molar-refractivity contribution in [2.45, 2.75) is 19.8 Å². The van der Waals surface area contributed by atoms with E-state index in [1.165, 1.54) is 5.56 Å². The number of benzene rings is 1. The maximum Gasteiger partial charge on any atom is 0.232 e. The summed E-state index contributed by atoms with van der Waals surface area (Å²) in [5.74, 6) is 0.165. The maximum atomic E-state index is 11.8. The standard InChI is InChI=1S/C16H27N3O2S/c1-3-13-22(20,21)17-16-6-4-5-15(14-16)7-8-19-11-9-18(2)10-12-19/h4-6,14,17H,3,7-13H2,1-2H3. The summed E-state index contributed by atoms with van der Waals surface area (Å²) in [7, 11) is -1.05. The second kappa shape index (κ2) is 7.94. The fourth-order valence-corrected chi connectivity index (χ4v) is 3.77. The van der Waals surface area contributed by atoms with Crippen molar-refractivity contribution in [3.05, 3.63) is 29.8 Å². The van der Waals surface area contributed by atoms with Gasteiger partial charge in [-0.3, -0.25) is 4.72 Å². The average Bonchev–Trinajstić information content (AvgIpc) is 2.46. The van der Waals surface area contributed by atoms with Gasteiger partial charge in [0.1, 0.15) is 0 Å².